The first-order chi connectivity index (χ1) is 21.6. The topological polar surface area (TPSA) is 73.1 Å². The highest BCUT2D eigenvalue weighted by molar-refractivity contribution is 7.98. The second kappa shape index (κ2) is 14.8. The molecule has 0 aliphatic rings. The Bertz CT molecular complexity index is 1680. The van der Waals surface area contributed by atoms with E-state index in [1.807, 2.05) is 12.3 Å². The summed E-state index contributed by atoms with van der Waals surface area (Å²) in [5.74, 6) is 0.417. The SMILES string of the molecule is CSc1nc(N)c(CNc2c(Cl)cccc2Cl)c(-c2cccc(CC(O[SiH](c3ccccc3)c3ccccc3)C(C)(C)C)c2)n1. The van der Waals surface area contributed by atoms with Gasteiger partial charge in [0.15, 0.2) is 5.16 Å². The molecule has 5 rings (SSSR count). The molecule has 0 amide bonds. The van der Waals surface area contributed by atoms with E-state index in [1.165, 1.54) is 22.1 Å². The van der Waals surface area contributed by atoms with Crippen LogP contribution in [-0.2, 0) is 17.4 Å². The number of nitrogens with one attached hydrogen (secondary N) is 1. The number of para-hydroxylation sites is 1. The summed E-state index contributed by atoms with van der Waals surface area (Å²) < 4.78 is 7.18. The van der Waals surface area contributed by atoms with Crippen molar-refractivity contribution < 1.29 is 4.43 Å². The Kier molecular flexibility index (Phi) is 10.9. The van der Waals surface area contributed by atoms with Crippen molar-refractivity contribution in [2.45, 2.75) is 45.0 Å². The molecule has 1 aromatic heterocycles. The van der Waals surface area contributed by atoms with Crippen molar-refractivity contribution in [3.63, 3.8) is 0 Å². The quantitative estimate of drug-likeness (QED) is 0.0845. The molecule has 9 heteroatoms. The fourth-order valence-corrected chi connectivity index (χ4v) is 8.79. The molecule has 5 aromatic rings. The van der Waals surface area contributed by atoms with Crippen LogP contribution in [0.2, 0.25) is 10.0 Å². The number of hydrogen-bond donors (Lipinski definition) is 2. The van der Waals surface area contributed by atoms with Crippen LogP contribution < -0.4 is 21.4 Å². The summed E-state index contributed by atoms with van der Waals surface area (Å²) in [5.41, 5.74) is 10.8. The van der Waals surface area contributed by atoms with E-state index < -0.39 is 9.04 Å². The summed E-state index contributed by atoms with van der Waals surface area (Å²) in [7, 11) is -1.96. The van der Waals surface area contributed by atoms with Crippen LogP contribution in [0, 0.1) is 5.41 Å². The predicted molar refractivity (Wildman–Crippen MR) is 195 cm³/mol. The van der Waals surface area contributed by atoms with Crippen molar-refractivity contribution in [1.29, 1.82) is 0 Å². The van der Waals surface area contributed by atoms with Crippen molar-refractivity contribution in [2.75, 3.05) is 17.3 Å². The molecule has 45 heavy (non-hydrogen) atoms. The van der Waals surface area contributed by atoms with E-state index in [-0.39, 0.29) is 11.5 Å². The van der Waals surface area contributed by atoms with Gasteiger partial charge in [0.05, 0.1) is 27.5 Å². The first-order valence-corrected chi connectivity index (χ1v) is 18.5. The van der Waals surface area contributed by atoms with Gasteiger partial charge in [-0.15, -0.1) is 0 Å². The van der Waals surface area contributed by atoms with E-state index in [4.69, 9.17) is 38.3 Å². The largest absolute Gasteiger partial charge is 0.407 e. The lowest BCUT2D eigenvalue weighted by Crippen LogP contribution is -2.50. The Hall–Kier alpha value is -3.33. The third kappa shape index (κ3) is 8.29. The standard InChI is InChI=1S/C36H38Cl2N4OSSi/c1-36(2,3)31(43-45(26-15-7-5-8-16-26)27-17-9-6-10-18-27)22-24-13-11-14-25(21-24)32-28(34(39)42-35(41-32)44-4)23-40-33-29(37)19-12-20-30(33)38/h5-21,31,40,45H,22-23H2,1-4H3,(H2,39,41,42). The molecule has 0 bridgehead atoms. The number of halogens is 2. The molecule has 4 aromatic carbocycles. The van der Waals surface area contributed by atoms with Crippen molar-refractivity contribution >= 4 is 65.9 Å². The number of benzene rings is 4. The van der Waals surface area contributed by atoms with Crippen LogP contribution in [0.1, 0.15) is 31.9 Å². The van der Waals surface area contributed by atoms with Crippen molar-refractivity contribution in [3.05, 3.63) is 124 Å². The first-order valence-electron chi connectivity index (χ1n) is 14.9. The minimum Gasteiger partial charge on any atom is -0.407 e. The predicted octanol–water partition coefficient (Wildman–Crippen LogP) is 7.88. The Morgan fingerprint density at radius 2 is 1.44 bits per heavy atom. The zero-order valence-electron chi connectivity index (χ0n) is 25.9. The van der Waals surface area contributed by atoms with Gasteiger partial charge in [0.1, 0.15) is 5.82 Å². The molecule has 5 nitrogen and oxygen atoms in total. The summed E-state index contributed by atoms with van der Waals surface area (Å²) in [4.78, 5) is 9.45. The van der Waals surface area contributed by atoms with Crippen molar-refractivity contribution in [2.24, 2.45) is 5.41 Å². The maximum atomic E-state index is 7.18. The number of anilines is 2. The van der Waals surface area contributed by atoms with E-state index in [0.717, 1.165) is 28.8 Å². The summed E-state index contributed by atoms with van der Waals surface area (Å²) >= 11 is 14.3. The lowest BCUT2D eigenvalue weighted by Gasteiger charge is -2.35. The van der Waals surface area contributed by atoms with E-state index in [1.54, 1.807) is 12.1 Å². The molecule has 0 aliphatic carbocycles. The zero-order chi connectivity index (χ0) is 32.0. The van der Waals surface area contributed by atoms with Crippen LogP contribution in [0.25, 0.3) is 11.3 Å². The lowest BCUT2D eigenvalue weighted by atomic mass is 9.85. The van der Waals surface area contributed by atoms with Crippen molar-refractivity contribution in [3.8, 4) is 11.3 Å². The van der Waals surface area contributed by atoms with Crippen LogP contribution >= 0.6 is 35.0 Å². The molecule has 0 radical (unpaired) electrons. The molecule has 0 saturated heterocycles. The van der Waals surface area contributed by atoms with E-state index >= 15 is 0 Å². The normalized spacial score (nSPS) is 12.3. The molecule has 0 aliphatic heterocycles. The Labute approximate surface area is 282 Å². The van der Waals surface area contributed by atoms with Gasteiger partial charge in [0.25, 0.3) is 0 Å². The number of aromatic nitrogens is 2. The van der Waals surface area contributed by atoms with Crippen LogP contribution in [-0.4, -0.2) is 31.4 Å². The third-order valence-corrected chi connectivity index (χ3v) is 11.5. The highest BCUT2D eigenvalue weighted by Gasteiger charge is 2.31. The van der Waals surface area contributed by atoms with Crippen molar-refractivity contribution in [1.82, 2.24) is 9.97 Å². The van der Waals surface area contributed by atoms with Gasteiger partial charge in [-0.2, -0.15) is 0 Å². The summed E-state index contributed by atoms with van der Waals surface area (Å²) in [5, 5.41) is 7.58. The molecular weight excluding hydrogens is 635 g/mol. The molecule has 0 fully saturated rings. The number of rotatable bonds is 11. The molecule has 1 heterocycles. The van der Waals surface area contributed by atoms with E-state index in [0.29, 0.717) is 33.3 Å². The Morgan fingerprint density at radius 1 is 0.844 bits per heavy atom. The smallest absolute Gasteiger partial charge is 0.240 e. The lowest BCUT2D eigenvalue weighted by molar-refractivity contribution is 0.0897. The summed E-state index contributed by atoms with van der Waals surface area (Å²) in [6.45, 7) is 7.12. The van der Waals surface area contributed by atoms with Gasteiger partial charge in [0, 0.05) is 17.7 Å². The summed E-state index contributed by atoms with van der Waals surface area (Å²) in [6.07, 6.45) is 2.67. The number of nitrogens with zero attached hydrogens (tertiary/aromatic N) is 2. The molecule has 232 valence electrons. The van der Waals surface area contributed by atoms with E-state index in [9.17, 15) is 0 Å². The molecule has 1 atom stereocenters. The van der Waals surface area contributed by atoms with Gasteiger partial charge >= 0.3 is 0 Å². The maximum Gasteiger partial charge on any atom is 0.240 e. The first kappa shape index (κ1) is 33.0. The molecule has 0 saturated carbocycles. The van der Waals surface area contributed by atoms with Crippen LogP contribution in [0.5, 0.6) is 0 Å². The monoisotopic (exact) mass is 672 g/mol. The second-order valence-corrected chi connectivity index (χ2v) is 15.9. The minimum absolute atomic E-state index is 0.0226. The minimum atomic E-state index is -1.96. The van der Waals surface area contributed by atoms with Gasteiger partial charge < -0.3 is 15.5 Å². The van der Waals surface area contributed by atoms with Gasteiger partial charge in [-0.1, -0.05) is 141 Å². The number of nitrogen functional groups attached to an aromatic ring is 1. The van der Waals surface area contributed by atoms with Crippen LogP contribution in [0.4, 0.5) is 11.5 Å². The molecule has 1 unspecified atom stereocenters. The number of nitrogens with two attached hydrogens (primary N) is 1. The molecular formula is C36H38Cl2N4OSSi. The van der Waals surface area contributed by atoms with Crippen LogP contribution in [0.3, 0.4) is 0 Å². The molecule has 3 N–H and O–H groups in total. The van der Waals surface area contributed by atoms with Gasteiger partial charge in [-0.3, -0.25) is 0 Å². The second-order valence-electron chi connectivity index (χ2n) is 12.0. The third-order valence-electron chi connectivity index (χ3n) is 7.70. The highest BCUT2D eigenvalue weighted by Crippen LogP contribution is 2.34. The highest BCUT2D eigenvalue weighted by atomic mass is 35.5. The Morgan fingerprint density at radius 3 is 2.02 bits per heavy atom. The van der Waals surface area contributed by atoms with Gasteiger partial charge in [-0.05, 0) is 52.2 Å². The van der Waals surface area contributed by atoms with Crippen LogP contribution in [0.15, 0.2) is 108 Å². The van der Waals surface area contributed by atoms with E-state index in [2.05, 4.69) is 116 Å². The molecule has 0 spiro atoms. The maximum absolute atomic E-state index is 7.18. The average Bonchev–Trinajstić information content (AvgIpc) is 3.03. The number of thioether (sulfide) groups is 1. The number of hydrogen-bond acceptors (Lipinski definition) is 6. The zero-order valence-corrected chi connectivity index (χ0v) is 29.4. The average molecular weight is 674 g/mol. The fourth-order valence-electron chi connectivity index (χ4n) is 5.22. The Balaban J connectivity index is 1.48. The van der Waals surface area contributed by atoms with Gasteiger partial charge in [-0.25, -0.2) is 9.97 Å². The van der Waals surface area contributed by atoms with Gasteiger partial charge in [0.2, 0.25) is 9.04 Å². The summed E-state index contributed by atoms with van der Waals surface area (Å²) in [6, 6.07) is 35.2. The fraction of sp³-hybridized carbons (Fsp3) is 0.222.